The summed E-state index contributed by atoms with van der Waals surface area (Å²) >= 11 is 5.94. The first-order valence-electron chi connectivity index (χ1n) is 5.74. The summed E-state index contributed by atoms with van der Waals surface area (Å²) in [5.41, 5.74) is 5.36. The smallest absolute Gasteiger partial charge is 0.313 e. The van der Waals surface area contributed by atoms with Crippen LogP contribution >= 0.6 is 11.6 Å². The van der Waals surface area contributed by atoms with E-state index in [1.165, 1.54) is 31.4 Å². The predicted octanol–water partition coefficient (Wildman–Crippen LogP) is 2.56. The first kappa shape index (κ1) is 14.9. The van der Waals surface area contributed by atoms with Crippen LogP contribution in [0.5, 0.6) is 11.6 Å². The lowest BCUT2D eigenvalue weighted by molar-refractivity contribution is -0.385. The number of hydrogen-bond acceptors (Lipinski definition) is 7. The number of benzene rings is 1. The summed E-state index contributed by atoms with van der Waals surface area (Å²) in [5, 5.41) is 11.1. The first-order chi connectivity index (χ1) is 10.0. The Kier molecular flexibility index (Phi) is 4.51. The number of ether oxygens (including phenoxy) is 2. The lowest BCUT2D eigenvalue weighted by Crippen LogP contribution is -2.03. The third-order valence-corrected chi connectivity index (χ3v) is 2.69. The number of aromatic nitrogens is 2. The van der Waals surface area contributed by atoms with Gasteiger partial charge >= 0.3 is 5.69 Å². The van der Waals surface area contributed by atoms with Crippen molar-refractivity contribution in [2.24, 2.45) is 0 Å². The summed E-state index contributed by atoms with van der Waals surface area (Å²) in [6.07, 6.45) is 0. The second-order valence-corrected chi connectivity index (χ2v) is 4.33. The second-order valence-electron chi connectivity index (χ2n) is 3.93. The Bertz CT molecular complexity index is 680. The predicted molar refractivity (Wildman–Crippen MR) is 75.3 cm³/mol. The number of nitrogens with two attached hydrogens (primary N) is 1. The van der Waals surface area contributed by atoms with Gasteiger partial charge in [0.15, 0.2) is 5.82 Å². The van der Waals surface area contributed by atoms with Gasteiger partial charge in [-0.25, -0.2) is 4.98 Å². The maximum Gasteiger partial charge on any atom is 0.313 e. The Morgan fingerprint density at radius 1 is 1.43 bits per heavy atom. The van der Waals surface area contributed by atoms with Gasteiger partial charge in [0.2, 0.25) is 11.6 Å². The number of nitro groups is 1. The minimum Gasteiger partial charge on any atom is -0.430 e. The number of nitro benzene ring substituents is 1. The van der Waals surface area contributed by atoms with Crippen molar-refractivity contribution in [3.63, 3.8) is 0 Å². The number of rotatable bonds is 5. The van der Waals surface area contributed by atoms with Gasteiger partial charge in [0.25, 0.3) is 0 Å². The highest BCUT2D eigenvalue weighted by molar-refractivity contribution is 6.32. The van der Waals surface area contributed by atoms with Gasteiger partial charge in [0, 0.05) is 19.2 Å². The summed E-state index contributed by atoms with van der Waals surface area (Å²) in [5.74, 6) is 0.389. The van der Waals surface area contributed by atoms with Crippen molar-refractivity contribution >= 4 is 23.1 Å². The number of halogens is 1. The van der Waals surface area contributed by atoms with E-state index in [0.29, 0.717) is 5.82 Å². The van der Waals surface area contributed by atoms with E-state index >= 15 is 0 Å². The van der Waals surface area contributed by atoms with Crippen LogP contribution in [-0.2, 0) is 11.3 Å². The van der Waals surface area contributed by atoms with Crippen LogP contribution in [0.1, 0.15) is 5.82 Å². The SMILES string of the molecule is COCc1nc(N)cc(Oc2c(Cl)cccc2[N+](=O)[O-])n1. The Labute approximate surface area is 124 Å². The molecule has 0 saturated heterocycles. The molecule has 0 saturated carbocycles. The Morgan fingerprint density at radius 3 is 2.86 bits per heavy atom. The molecule has 110 valence electrons. The van der Waals surface area contributed by atoms with Crippen molar-refractivity contribution in [1.82, 2.24) is 9.97 Å². The summed E-state index contributed by atoms with van der Waals surface area (Å²) in [7, 11) is 1.48. The van der Waals surface area contributed by atoms with Gasteiger partial charge in [-0.3, -0.25) is 10.1 Å². The highest BCUT2D eigenvalue weighted by atomic mass is 35.5. The molecule has 0 aliphatic carbocycles. The van der Waals surface area contributed by atoms with Crippen molar-refractivity contribution in [1.29, 1.82) is 0 Å². The standard InChI is InChI=1S/C12H11ClN4O4/c1-20-6-10-15-9(14)5-11(16-10)21-12-7(13)3-2-4-8(12)17(18)19/h2-5H,6H2,1H3,(H2,14,15,16). The molecule has 0 aliphatic rings. The Hall–Kier alpha value is -2.45. The van der Waals surface area contributed by atoms with E-state index in [-0.39, 0.29) is 34.8 Å². The first-order valence-corrected chi connectivity index (χ1v) is 6.12. The topological polar surface area (TPSA) is 113 Å². The zero-order valence-corrected chi connectivity index (χ0v) is 11.7. The molecular weight excluding hydrogens is 300 g/mol. The molecule has 2 aromatic rings. The maximum atomic E-state index is 11.0. The molecule has 1 aromatic heterocycles. The van der Waals surface area contributed by atoms with Crippen LogP contribution in [-0.4, -0.2) is 22.0 Å². The lowest BCUT2D eigenvalue weighted by atomic mass is 10.3. The van der Waals surface area contributed by atoms with E-state index < -0.39 is 4.92 Å². The summed E-state index contributed by atoms with van der Waals surface area (Å²) < 4.78 is 10.3. The lowest BCUT2D eigenvalue weighted by Gasteiger charge is -2.08. The third kappa shape index (κ3) is 3.56. The normalized spacial score (nSPS) is 10.4. The number of methoxy groups -OCH3 is 1. The maximum absolute atomic E-state index is 11.0. The van der Waals surface area contributed by atoms with Crippen LogP contribution in [0.2, 0.25) is 5.02 Å². The molecule has 0 aliphatic heterocycles. The van der Waals surface area contributed by atoms with Gasteiger partial charge in [-0.15, -0.1) is 0 Å². The van der Waals surface area contributed by atoms with Crippen molar-refractivity contribution in [2.45, 2.75) is 6.61 Å². The van der Waals surface area contributed by atoms with Gasteiger partial charge in [-0.05, 0) is 6.07 Å². The molecule has 0 bridgehead atoms. The number of hydrogen-bond donors (Lipinski definition) is 1. The zero-order chi connectivity index (χ0) is 15.4. The molecule has 8 nitrogen and oxygen atoms in total. The molecule has 0 unspecified atom stereocenters. The van der Waals surface area contributed by atoms with Crippen LogP contribution in [0.3, 0.4) is 0 Å². The van der Waals surface area contributed by atoms with Crippen molar-refractivity contribution in [3.05, 3.63) is 45.2 Å². The van der Waals surface area contributed by atoms with Crippen LogP contribution < -0.4 is 10.5 Å². The summed E-state index contributed by atoms with van der Waals surface area (Å²) in [4.78, 5) is 18.4. The van der Waals surface area contributed by atoms with Crippen LogP contribution in [0.25, 0.3) is 0 Å². The van der Waals surface area contributed by atoms with Gasteiger partial charge in [0.05, 0.1) is 9.95 Å². The molecule has 0 atom stereocenters. The summed E-state index contributed by atoms with van der Waals surface area (Å²) in [6.45, 7) is 0.131. The molecule has 1 heterocycles. The summed E-state index contributed by atoms with van der Waals surface area (Å²) in [6, 6.07) is 5.55. The quantitative estimate of drug-likeness (QED) is 0.666. The van der Waals surface area contributed by atoms with E-state index in [9.17, 15) is 10.1 Å². The highest BCUT2D eigenvalue weighted by Gasteiger charge is 2.20. The molecule has 0 spiro atoms. The molecule has 2 N–H and O–H groups in total. The minimum atomic E-state index is -0.595. The van der Waals surface area contributed by atoms with Crippen LogP contribution in [0.4, 0.5) is 11.5 Å². The molecule has 21 heavy (non-hydrogen) atoms. The molecule has 1 aromatic carbocycles. The number of anilines is 1. The largest absolute Gasteiger partial charge is 0.430 e. The Balaban J connectivity index is 2.40. The second kappa shape index (κ2) is 6.33. The monoisotopic (exact) mass is 310 g/mol. The van der Waals surface area contributed by atoms with Gasteiger partial charge in [0.1, 0.15) is 12.4 Å². The number of nitrogen functional groups attached to an aromatic ring is 1. The fraction of sp³-hybridized carbons (Fsp3) is 0.167. The average Bonchev–Trinajstić information content (AvgIpc) is 2.40. The van der Waals surface area contributed by atoms with Gasteiger partial charge in [-0.2, -0.15) is 4.98 Å². The van der Waals surface area contributed by atoms with Crippen molar-refractivity contribution in [2.75, 3.05) is 12.8 Å². The Morgan fingerprint density at radius 2 is 2.19 bits per heavy atom. The average molecular weight is 311 g/mol. The fourth-order valence-corrected chi connectivity index (χ4v) is 1.79. The van der Waals surface area contributed by atoms with Crippen molar-refractivity contribution < 1.29 is 14.4 Å². The molecule has 0 radical (unpaired) electrons. The van der Waals surface area contributed by atoms with E-state index in [4.69, 9.17) is 26.8 Å². The zero-order valence-electron chi connectivity index (χ0n) is 10.9. The number of para-hydroxylation sites is 1. The number of nitrogens with zero attached hydrogens (tertiary/aromatic N) is 3. The highest BCUT2D eigenvalue weighted by Crippen LogP contribution is 2.37. The van der Waals surface area contributed by atoms with Crippen LogP contribution in [0.15, 0.2) is 24.3 Å². The van der Waals surface area contributed by atoms with E-state index in [1.807, 2.05) is 0 Å². The van der Waals surface area contributed by atoms with Gasteiger partial charge < -0.3 is 15.2 Å². The van der Waals surface area contributed by atoms with Crippen molar-refractivity contribution in [3.8, 4) is 11.6 Å². The van der Waals surface area contributed by atoms with E-state index in [1.54, 1.807) is 0 Å². The fourth-order valence-electron chi connectivity index (χ4n) is 1.59. The van der Waals surface area contributed by atoms with E-state index in [2.05, 4.69) is 9.97 Å². The van der Waals surface area contributed by atoms with E-state index in [0.717, 1.165) is 0 Å². The molecule has 9 heteroatoms. The van der Waals surface area contributed by atoms with Crippen LogP contribution in [0, 0.1) is 10.1 Å². The molecule has 0 fully saturated rings. The van der Waals surface area contributed by atoms with Gasteiger partial charge in [-0.1, -0.05) is 17.7 Å². The molecule has 0 amide bonds. The molecular formula is C12H11ClN4O4. The minimum absolute atomic E-state index is 0.0470. The third-order valence-electron chi connectivity index (χ3n) is 2.39. The molecule has 2 rings (SSSR count).